The maximum Gasteiger partial charge on any atom is 0.410 e. The van der Waals surface area contributed by atoms with Crippen LogP contribution in [0.4, 0.5) is 4.79 Å². The van der Waals surface area contributed by atoms with E-state index in [9.17, 15) is 9.59 Å². The van der Waals surface area contributed by atoms with Gasteiger partial charge in [0.15, 0.2) is 0 Å². The Bertz CT molecular complexity index is 653. The van der Waals surface area contributed by atoms with Crippen LogP contribution >= 0.6 is 15.9 Å². The number of amides is 1. The fourth-order valence-electron chi connectivity index (χ4n) is 3.20. The van der Waals surface area contributed by atoms with Gasteiger partial charge in [0, 0.05) is 17.6 Å². The average molecular weight is 412 g/mol. The number of esters is 1. The van der Waals surface area contributed by atoms with E-state index in [4.69, 9.17) is 9.47 Å². The molecule has 1 aromatic rings. The number of methoxy groups -OCH3 is 1. The number of piperidine rings is 1. The summed E-state index contributed by atoms with van der Waals surface area (Å²) in [5.41, 5.74) is 1.14. The third-order valence-electron chi connectivity index (χ3n) is 4.33. The molecule has 0 bridgehead atoms. The monoisotopic (exact) mass is 411 g/mol. The molecule has 138 valence electrons. The Kier molecular flexibility index (Phi) is 6.14. The fraction of sp³-hybridized carbons (Fsp3) is 0.579. The van der Waals surface area contributed by atoms with Crippen molar-refractivity contribution in [1.29, 1.82) is 0 Å². The minimum atomic E-state index is -0.489. The van der Waals surface area contributed by atoms with E-state index >= 15 is 0 Å². The lowest BCUT2D eigenvalue weighted by Gasteiger charge is -2.38. The fourth-order valence-corrected chi connectivity index (χ4v) is 3.71. The predicted molar refractivity (Wildman–Crippen MR) is 99.8 cm³/mol. The van der Waals surface area contributed by atoms with Gasteiger partial charge in [0.2, 0.25) is 0 Å². The van der Waals surface area contributed by atoms with Crippen molar-refractivity contribution in [3.63, 3.8) is 0 Å². The van der Waals surface area contributed by atoms with Gasteiger partial charge in [-0.3, -0.25) is 0 Å². The highest BCUT2D eigenvalue weighted by Crippen LogP contribution is 2.35. The molecule has 1 aromatic carbocycles. The normalized spacial score (nSPS) is 21.0. The molecule has 1 aliphatic rings. The molecule has 0 aliphatic carbocycles. The van der Waals surface area contributed by atoms with Crippen molar-refractivity contribution in [2.75, 3.05) is 20.2 Å². The van der Waals surface area contributed by atoms with Gasteiger partial charge in [-0.2, -0.15) is 0 Å². The molecule has 1 heterocycles. The first-order valence-electron chi connectivity index (χ1n) is 8.47. The minimum absolute atomic E-state index is 0.262. The predicted octanol–water partition coefficient (Wildman–Crippen LogP) is 4.60. The number of rotatable bonds is 2. The summed E-state index contributed by atoms with van der Waals surface area (Å²) in [7, 11) is 1.38. The highest BCUT2D eigenvalue weighted by atomic mass is 79.9. The summed E-state index contributed by atoms with van der Waals surface area (Å²) in [5.74, 6) is 0.196. The molecule has 0 N–H and O–H groups in total. The highest BCUT2D eigenvalue weighted by molar-refractivity contribution is 9.10. The van der Waals surface area contributed by atoms with Crippen molar-refractivity contribution in [2.45, 2.75) is 45.6 Å². The van der Waals surface area contributed by atoms with Gasteiger partial charge >= 0.3 is 12.1 Å². The summed E-state index contributed by atoms with van der Waals surface area (Å²) in [4.78, 5) is 25.9. The Morgan fingerprint density at radius 1 is 1.24 bits per heavy atom. The van der Waals surface area contributed by atoms with Gasteiger partial charge in [-0.15, -0.1) is 0 Å². The molecule has 1 saturated heterocycles. The van der Waals surface area contributed by atoms with Crippen molar-refractivity contribution < 1.29 is 19.1 Å². The maximum absolute atomic E-state index is 12.3. The van der Waals surface area contributed by atoms with Gasteiger partial charge in [-0.1, -0.05) is 22.9 Å². The van der Waals surface area contributed by atoms with Crippen LogP contribution in [0.1, 0.15) is 56.0 Å². The Hall–Kier alpha value is -1.56. The molecule has 0 aromatic heterocycles. The summed E-state index contributed by atoms with van der Waals surface area (Å²) in [6, 6.07) is 5.69. The zero-order valence-corrected chi connectivity index (χ0v) is 17.1. The van der Waals surface area contributed by atoms with Gasteiger partial charge in [-0.05, 0) is 62.8 Å². The van der Waals surface area contributed by atoms with E-state index in [1.165, 1.54) is 7.11 Å². The minimum Gasteiger partial charge on any atom is -0.465 e. The zero-order chi connectivity index (χ0) is 18.8. The van der Waals surface area contributed by atoms with E-state index in [-0.39, 0.29) is 23.9 Å². The molecule has 5 nitrogen and oxygen atoms in total. The number of carbonyl (C=O) groups is 2. The quantitative estimate of drug-likeness (QED) is 0.667. The average Bonchev–Trinajstić information content (AvgIpc) is 2.51. The molecule has 2 atom stereocenters. The second-order valence-electron chi connectivity index (χ2n) is 7.56. The lowest BCUT2D eigenvalue weighted by Crippen LogP contribution is -2.44. The molecule has 1 amide bonds. The van der Waals surface area contributed by atoms with Gasteiger partial charge in [0.25, 0.3) is 0 Å². The van der Waals surface area contributed by atoms with E-state index in [2.05, 4.69) is 22.9 Å². The lowest BCUT2D eigenvalue weighted by atomic mass is 9.81. The zero-order valence-electron chi connectivity index (χ0n) is 15.5. The van der Waals surface area contributed by atoms with Crippen LogP contribution in [-0.4, -0.2) is 42.8 Å². The number of benzene rings is 1. The van der Waals surface area contributed by atoms with Crippen LogP contribution in [0.2, 0.25) is 0 Å². The van der Waals surface area contributed by atoms with Crippen molar-refractivity contribution in [3.8, 4) is 0 Å². The van der Waals surface area contributed by atoms with Crippen LogP contribution in [0, 0.1) is 5.92 Å². The van der Waals surface area contributed by atoms with Crippen LogP contribution in [0.15, 0.2) is 22.7 Å². The van der Waals surface area contributed by atoms with Crippen molar-refractivity contribution in [1.82, 2.24) is 4.90 Å². The Balaban J connectivity index is 2.12. The standard InChI is InChI=1S/C19H26BrNO4/c1-12-11-21(18(23)25-19(2,3)4)7-6-16(12)13-8-14(17(22)24-5)10-15(20)9-13/h8-10,12,16H,6-7,11H2,1-5H3. The number of likely N-dealkylation sites (tertiary alicyclic amines) is 1. The van der Waals surface area contributed by atoms with Gasteiger partial charge in [0.1, 0.15) is 5.60 Å². The molecule has 2 rings (SSSR count). The molecule has 1 fully saturated rings. The second kappa shape index (κ2) is 7.77. The number of hydrogen-bond acceptors (Lipinski definition) is 4. The van der Waals surface area contributed by atoms with Crippen LogP contribution < -0.4 is 0 Å². The van der Waals surface area contributed by atoms with Gasteiger partial charge in [0.05, 0.1) is 12.7 Å². The van der Waals surface area contributed by atoms with Crippen molar-refractivity contribution in [3.05, 3.63) is 33.8 Å². The van der Waals surface area contributed by atoms with Crippen molar-refractivity contribution >= 4 is 28.0 Å². The molecule has 0 saturated carbocycles. The number of ether oxygens (including phenoxy) is 2. The summed E-state index contributed by atoms with van der Waals surface area (Å²) in [5, 5.41) is 0. The van der Waals surface area contributed by atoms with Gasteiger partial charge < -0.3 is 14.4 Å². The number of hydrogen-bond donors (Lipinski definition) is 0. The number of halogens is 1. The molecular weight excluding hydrogens is 386 g/mol. The van der Waals surface area contributed by atoms with Crippen molar-refractivity contribution in [2.24, 2.45) is 5.92 Å². The Labute approximate surface area is 157 Å². The van der Waals surface area contributed by atoms with Crippen LogP contribution in [0.5, 0.6) is 0 Å². The maximum atomic E-state index is 12.3. The first kappa shape index (κ1) is 19.8. The number of carbonyl (C=O) groups excluding carboxylic acids is 2. The van der Waals surface area contributed by atoms with Gasteiger partial charge in [-0.25, -0.2) is 9.59 Å². The van der Waals surface area contributed by atoms with Crippen LogP contribution in [-0.2, 0) is 9.47 Å². The smallest absolute Gasteiger partial charge is 0.410 e. The molecule has 6 heteroatoms. The lowest BCUT2D eigenvalue weighted by molar-refractivity contribution is 0.0155. The van der Waals surface area contributed by atoms with E-state index in [0.29, 0.717) is 18.7 Å². The molecular formula is C19H26BrNO4. The molecule has 1 aliphatic heterocycles. The topological polar surface area (TPSA) is 55.8 Å². The summed E-state index contributed by atoms with van der Waals surface area (Å²) < 4.78 is 11.1. The van der Waals surface area contributed by atoms with E-state index in [1.54, 1.807) is 11.0 Å². The highest BCUT2D eigenvalue weighted by Gasteiger charge is 2.32. The van der Waals surface area contributed by atoms with Crippen LogP contribution in [0.3, 0.4) is 0 Å². The second-order valence-corrected chi connectivity index (χ2v) is 8.48. The number of nitrogens with zero attached hydrogens (tertiary/aromatic N) is 1. The third kappa shape index (κ3) is 5.21. The summed E-state index contributed by atoms with van der Waals surface area (Å²) in [6.45, 7) is 9.02. The first-order valence-corrected chi connectivity index (χ1v) is 9.26. The van der Waals surface area contributed by atoms with E-state index in [0.717, 1.165) is 16.5 Å². The summed E-state index contributed by atoms with van der Waals surface area (Å²) in [6.07, 6.45) is 0.569. The summed E-state index contributed by atoms with van der Waals surface area (Å²) >= 11 is 3.47. The molecule has 25 heavy (non-hydrogen) atoms. The SMILES string of the molecule is COC(=O)c1cc(Br)cc(C2CCN(C(=O)OC(C)(C)C)CC2C)c1. The molecule has 0 radical (unpaired) electrons. The largest absolute Gasteiger partial charge is 0.465 e. The Morgan fingerprint density at radius 2 is 1.92 bits per heavy atom. The molecule has 0 spiro atoms. The first-order chi connectivity index (χ1) is 11.6. The molecule has 2 unspecified atom stereocenters. The third-order valence-corrected chi connectivity index (χ3v) is 4.78. The van der Waals surface area contributed by atoms with Crippen LogP contribution in [0.25, 0.3) is 0 Å². The van der Waals surface area contributed by atoms with E-state index in [1.807, 2.05) is 32.9 Å². The van der Waals surface area contributed by atoms with E-state index < -0.39 is 5.60 Å². The Morgan fingerprint density at radius 3 is 2.48 bits per heavy atom.